The second kappa shape index (κ2) is 7.98. The topological polar surface area (TPSA) is 46.6 Å². The van der Waals surface area contributed by atoms with Gasteiger partial charge in [-0.3, -0.25) is 14.5 Å². The van der Waals surface area contributed by atoms with Crippen LogP contribution >= 0.6 is 27.5 Å². The Balaban J connectivity index is 1.38. The largest absolute Gasteiger partial charge is 0.492 e. The van der Waals surface area contributed by atoms with Crippen LogP contribution in [0.25, 0.3) is 21.5 Å². The average Bonchev–Trinajstić information content (AvgIpc) is 3.01. The first-order valence-corrected chi connectivity index (χ1v) is 11.1. The highest BCUT2D eigenvalue weighted by atomic mass is 79.9. The highest BCUT2D eigenvalue weighted by Gasteiger charge is 2.34. The lowest BCUT2D eigenvalue weighted by atomic mass is 10.0. The van der Waals surface area contributed by atoms with Crippen LogP contribution in [0, 0.1) is 0 Å². The van der Waals surface area contributed by atoms with Gasteiger partial charge in [-0.25, -0.2) is 0 Å². The van der Waals surface area contributed by atoms with Crippen molar-refractivity contribution in [2.45, 2.75) is 6.42 Å². The third kappa shape index (κ3) is 3.58. The molecule has 0 N–H and O–H groups in total. The molecular formula is C25H17BrClNO3. The third-order valence-corrected chi connectivity index (χ3v) is 6.21. The molecule has 0 atom stereocenters. The number of amides is 2. The SMILES string of the molecule is O=C1c2ccccc2C(=O)N1CCCOc1c2ccc(Br)cc2cc2ccc(Cl)cc12. The summed E-state index contributed by atoms with van der Waals surface area (Å²) in [5.41, 5.74) is 0.933. The molecular weight excluding hydrogens is 478 g/mol. The molecule has 0 radical (unpaired) electrons. The molecule has 1 aliphatic heterocycles. The maximum atomic E-state index is 12.5. The lowest BCUT2D eigenvalue weighted by molar-refractivity contribution is 0.0647. The van der Waals surface area contributed by atoms with E-state index in [1.807, 2.05) is 30.3 Å². The summed E-state index contributed by atoms with van der Waals surface area (Å²) in [6, 6.07) is 20.8. The molecule has 0 aromatic heterocycles. The second-order valence-corrected chi connectivity index (χ2v) is 8.80. The fourth-order valence-corrected chi connectivity index (χ4v) is 4.57. The summed E-state index contributed by atoms with van der Waals surface area (Å²) in [5.74, 6) is 0.269. The zero-order chi connectivity index (χ0) is 21.5. The Morgan fingerprint density at radius 2 is 1.58 bits per heavy atom. The number of hydrogen-bond acceptors (Lipinski definition) is 3. The number of rotatable bonds is 5. The van der Waals surface area contributed by atoms with Crippen LogP contribution in [0.5, 0.6) is 5.75 Å². The van der Waals surface area contributed by atoms with Crippen LogP contribution in [0.2, 0.25) is 5.02 Å². The average molecular weight is 495 g/mol. The zero-order valence-electron chi connectivity index (χ0n) is 16.4. The van der Waals surface area contributed by atoms with E-state index in [1.54, 1.807) is 24.3 Å². The van der Waals surface area contributed by atoms with E-state index in [-0.39, 0.29) is 11.8 Å². The van der Waals surface area contributed by atoms with Crippen LogP contribution in [-0.4, -0.2) is 29.9 Å². The van der Waals surface area contributed by atoms with Crippen molar-refractivity contribution in [2.75, 3.05) is 13.2 Å². The standard InChI is InChI=1S/C25H17BrClNO3/c26-17-7-9-19-16(13-17)12-15-6-8-18(27)14-22(15)23(19)31-11-3-10-28-24(29)20-4-1-2-5-21(20)25(28)30/h1-2,4-9,12-14H,3,10-11H2. The molecule has 0 saturated heterocycles. The molecule has 0 bridgehead atoms. The number of halogens is 2. The van der Waals surface area contributed by atoms with Gasteiger partial charge in [-0.05, 0) is 65.7 Å². The third-order valence-electron chi connectivity index (χ3n) is 5.48. The van der Waals surface area contributed by atoms with Gasteiger partial charge in [0.05, 0.1) is 17.7 Å². The van der Waals surface area contributed by atoms with E-state index in [0.717, 1.165) is 31.8 Å². The molecule has 0 spiro atoms. The summed E-state index contributed by atoms with van der Waals surface area (Å²) in [5, 5.41) is 4.64. The van der Waals surface area contributed by atoms with Crippen molar-refractivity contribution in [3.63, 3.8) is 0 Å². The van der Waals surface area contributed by atoms with Crippen LogP contribution < -0.4 is 4.74 Å². The lowest BCUT2D eigenvalue weighted by Crippen LogP contribution is -2.31. The van der Waals surface area contributed by atoms with E-state index in [4.69, 9.17) is 16.3 Å². The summed E-state index contributed by atoms with van der Waals surface area (Å²) >= 11 is 9.77. The van der Waals surface area contributed by atoms with Gasteiger partial charge in [-0.1, -0.05) is 45.7 Å². The first-order valence-electron chi connectivity index (χ1n) is 9.92. The summed E-state index contributed by atoms with van der Waals surface area (Å²) in [7, 11) is 0. The van der Waals surface area contributed by atoms with Gasteiger partial charge in [0.2, 0.25) is 0 Å². The first kappa shape index (κ1) is 20.0. The van der Waals surface area contributed by atoms with Gasteiger partial charge in [0.1, 0.15) is 5.75 Å². The zero-order valence-corrected chi connectivity index (χ0v) is 18.7. The van der Waals surface area contributed by atoms with E-state index in [1.165, 1.54) is 4.90 Å². The molecule has 5 rings (SSSR count). The van der Waals surface area contributed by atoms with Gasteiger partial charge < -0.3 is 4.74 Å². The van der Waals surface area contributed by atoms with E-state index in [9.17, 15) is 9.59 Å². The van der Waals surface area contributed by atoms with E-state index in [2.05, 4.69) is 28.1 Å². The Morgan fingerprint density at radius 3 is 2.32 bits per heavy atom. The number of benzene rings is 4. The van der Waals surface area contributed by atoms with E-state index >= 15 is 0 Å². The summed E-state index contributed by atoms with van der Waals surface area (Å²) < 4.78 is 7.20. The van der Waals surface area contributed by atoms with Crippen LogP contribution in [0.15, 0.2) is 71.2 Å². The Bertz CT molecular complexity index is 1330. The van der Waals surface area contributed by atoms with Crippen molar-refractivity contribution in [1.82, 2.24) is 4.90 Å². The normalized spacial score (nSPS) is 13.3. The molecule has 4 nitrogen and oxygen atoms in total. The minimum absolute atomic E-state index is 0.243. The van der Waals surface area contributed by atoms with E-state index < -0.39 is 0 Å². The number of hydrogen-bond donors (Lipinski definition) is 0. The number of ether oxygens (including phenoxy) is 1. The smallest absolute Gasteiger partial charge is 0.261 e. The second-order valence-electron chi connectivity index (χ2n) is 7.45. The molecule has 31 heavy (non-hydrogen) atoms. The molecule has 1 aliphatic rings. The van der Waals surface area contributed by atoms with Crippen molar-refractivity contribution in [1.29, 1.82) is 0 Å². The lowest BCUT2D eigenvalue weighted by Gasteiger charge is -2.16. The molecule has 1 heterocycles. The van der Waals surface area contributed by atoms with Crippen LogP contribution in [-0.2, 0) is 0 Å². The number of fused-ring (bicyclic) bond motifs is 3. The molecule has 0 saturated carbocycles. The van der Waals surface area contributed by atoms with Crippen molar-refractivity contribution in [3.8, 4) is 5.75 Å². The van der Waals surface area contributed by atoms with Crippen molar-refractivity contribution in [3.05, 3.63) is 87.4 Å². The Morgan fingerprint density at radius 1 is 0.839 bits per heavy atom. The predicted octanol–water partition coefficient (Wildman–Crippen LogP) is 6.47. The van der Waals surface area contributed by atoms with Crippen LogP contribution in [0.1, 0.15) is 27.1 Å². The minimum atomic E-state index is -0.243. The summed E-state index contributed by atoms with van der Waals surface area (Å²) in [4.78, 5) is 26.4. The molecule has 4 aromatic carbocycles. The van der Waals surface area contributed by atoms with Crippen LogP contribution in [0.4, 0.5) is 0 Å². The molecule has 0 aliphatic carbocycles. The van der Waals surface area contributed by atoms with E-state index in [0.29, 0.717) is 35.7 Å². The van der Waals surface area contributed by atoms with Gasteiger partial charge >= 0.3 is 0 Å². The molecule has 154 valence electrons. The van der Waals surface area contributed by atoms with Crippen molar-refractivity contribution >= 4 is 60.9 Å². The van der Waals surface area contributed by atoms with Gasteiger partial charge in [0.15, 0.2) is 0 Å². The number of imide groups is 1. The number of carbonyl (C=O) groups is 2. The van der Waals surface area contributed by atoms with Crippen molar-refractivity contribution in [2.24, 2.45) is 0 Å². The molecule has 2 amide bonds. The quantitative estimate of drug-likeness (QED) is 0.181. The van der Waals surface area contributed by atoms with Crippen LogP contribution in [0.3, 0.4) is 0 Å². The molecule has 4 aromatic rings. The Kier molecular flexibility index (Phi) is 5.16. The number of carbonyl (C=O) groups excluding carboxylic acids is 2. The van der Waals surface area contributed by atoms with Gasteiger partial charge in [-0.15, -0.1) is 0 Å². The van der Waals surface area contributed by atoms with Crippen molar-refractivity contribution < 1.29 is 14.3 Å². The minimum Gasteiger partial charge on any atom is -0.492 e. The fraction of sp³-hybridized carbons (Fsp3) is 0.120. The molecule has 0 fully saturated rings. The maximum Gasteiger partial charge on any atom is 0.261 e. The van der Waals surface area contributed by atoms with Gasteiger partial charge in [-0.2, -0.15) is 0 Å². The predicted molar refractivity (Wildman–Crippen MR) is 126 cm³/mol. The van der Waals surface area contributed by atoms with Gasteiger partial charge in [0.25, 0.3) is 11.8 Å². The Hall–Kier alpha value is -2.89. The molecule has 6 heteroatoms. The maximum absolute atomic E-state index is 12.5. The first-order chi connectivity index (χ1) is 15.0. The highest BCUT2D eigenvalue weighted by molar-refractivity contribution is 9.10. The Labute approximate surface area is 192 Å². The fourth-order valence-electron chi connectivity index (χ4n) is 4.02. The summed E-state index contributed by atoms with van der Waals surface area (Å²) in [6.45, 7) is 0.672. The monoisotopic (exact) mass is 493 g/mol. The van der Waals surface area contributed by atoms with Gasteiger partial charge in [0, 0.05) is 26.8 Å². The summed E-state index contributed by atoms with van der Waals surface area (Å²) in [6.07, 6.45) is 0.528. The number of nitrogens with zero attached hydrogens (tertiary/aromatic N) is 1. The highest BCUT2D eigenvalue weighted by Crippen LogP contribution is 2.37. The molecule has 0 unspecified atom stereocenters.